The zero-order valence-electron chi connectivity index (χ0n) is 15.3. The number of carbonyl (C=O) groups excluding carboxylic acids is 1. The van der Waals surface area contributed by atoms with Crippen molar-refractivity contribution in [2.24, 2.45) is 5.92 Å². The Bertz CT molecular complexity index is 809. The van der Waals surface area contributed by atoms with Crippen LogP contribution in [0, 0.1) is 16.0 Å². The van der Waals surface area contributed by atoms with Crippen LogP contribution < -0.4 is 0 Å². The van der Waals surface area contributed by atoms with Gasteiger partial charge in [0.1, 0.15) is 5.60 Å². The van der Waals surface area contributed by atoms with Gasteiger partial charge in [-0.05, 0) is 55.9 Å². The van der Waals surface area contributed by atoms with E-state index in [0.717, 1.165) is 12.8 Å². The van der Waals surface area contributed by atoms with Gasteiger partial charge in [-0.2, -0.15) is 0 Å². The Morgan fingerprint density at radius 3 is 2.31 bits per heavy atom. The number of hydrogen-bond acceptors (Lipinski definition) is 4. The molecule has 0 radical (unpaired) electrons. The van der Waals surface area contributed by atoms with Gasteiger partial charge in [0.2, 0.25) is 0 Å². The lowest BCUT2D eigenvalue weighted by molar-refractivity contribution is -0.384. The van der Waals surface area contributed by atoms with Crippen molar-refractivity contribution < 1.29 is 14.5 Å². The van der Waals surface area contributed by atoms with Gasteiger partial charge in [-0.1, -0.05) is 31.2 Å². The number of ether oxygens (including phenoxy) is 1. The molecule has 0 aliphatic heterocycles. The molecule has 0 bridgehead atoms. The maximum absolute atomic E-state index is 12.4. The predicted octanol–water partition coefficient (Wildman–Crippen LogP) is 4.90. The molecule has 0 amide bonds. The van der Waals surface area contributed by atoms with Crippen LogP contribution in [-0.2, 0) is 11.2 Å². The summed E-state index contributed by atoms with van der Waals surface area (Å²) in [6.45, 7) is 6.00. The average molecular weight is 353 g/mol. The third-order valence-electron chi connectivity index (χ3n) is 5.17. The third-order valence-corrected chi connectivity index (χ3v) is 5.17. The van der Waals surface area contributed by atoms with Crippen molar-refractivity contribution in [1.82, 2.24) is 0 Å². The maximum Gasteiger partial charge on any atom is 0.338 e. The predicted molar refractivity (Wildman–Crippen MR) is 99.3 cm³/mol. The van der Waals surface area contributed by atoms with E-state index in [9.17, 15) is 14.9 Å². The Kier molecular flexibility index (Phi) is 4.81. The van der Waals surface area contributed by atoms with Gasteiger partial charge in [0.05, 0.1) is 10.5 Å². The summed E-state index contributed by atoms with van der Waals surface area (Å²) in [5.74, 6) is 0.231. The van der Waals surface area contributed by atoms with Crippen molar-refractivity contribution in [3.8, 4) is 0 Å². The summed E-state index contributed by atoms with van der Waals surface area (Å²) in [7, 11) is 0. The first-order chi connectivity index (χ1) is 12.3. The molecule has 0 heterocycles. The summed E-state index contributed by atoms with van der Waals surface area (Å²) in [6, 6.07) is 14.1. The standard InChI is InChI=1S/C21H23NO4/c1-4-14-5-7-15(8-6-14)18-13-19(18)21(2,3)26-20(23)16-9-11-17(12-10-16)22(24)25/h5-12,18-19H,4,13H2,1-3H3/t18-,19+/m1/s1. The summed E-state index contributed by atoms with van der Waals surface area (Å²) in [5.41, 5.74) is 2.29. The summed E-state index contributed by atoms with van der Waals surface area (Å²) < 4.78 is 5.74. The van der Waals surface area contributed by atoms with Crippen molar-refractivity contribution >= 4 is 11.7 Å². The van der Waals surface area contributed by atoms with E-state index in [1.54, 1.807) is 0 Å². The molecule has 5 heteroatoms. The lowest BCUT2D eigenvalue weighted by Crippen LogP contribution is -2.31. The largest absolute Gasteiger partial charge is 0.456 e. The van der Waals surface area contributed by atoms with Crippen LogP contribution >= 0.6 is 0 Å². The maximum atomic E-state index is 12.4. The summed E-state index contributed by atoms with van der Waals surface area (Å²) in [5, 5.41) is 10.7. The Morgan fingerprint density at radius 2 is 1.77 bits per heavy atom. The van der Waals surface area contributed by atoms with Crippen LogP contribution in [0.4, 0.5) is 5.69 Å². The van der Waals surface area contributed by atoms with Crippen molar-refractivity contribution in [3.63, 3.8) is 0 Å². The fourth-order valence-electron chi connectivity index (χ4n) is 3.43. The van der Waals surface area contributed by atoms with Crippen LogP contribution in [0.3, 0.4) is 0 Å². The number of benzene rings is 2. The number of carbonyl (C=O) groups is 1. The van der Waals surface area contributed by atoms with E-state index >= 15 is 0 Å². The molecule has 3 rings (SSSR count). The van der Waals surface area contributed by atoms with E-state index in [4.69, 9.17) is 4.74 Å². The molecule has 0 unspecified atom stereocenters. The number of nitro groups is 1. The lowest BCUT2D eigenvalue weighted by Gasteiger charge is -2.26. The molecular formula is C21H23NO4. The van der Waals surface area contributed by atoms with Gasteiger partial charge in [-0.3, -0.25) is 10.1 Å². The SMILES string of the molecule is CCc1ccc([C@H]2C[C@@H]2C(C)(C)OC(=O)c2ccc([N+](=O)[O-])cc2)cc1. The highest BCUT2D eigenvalue weighted by molar-refractivity contribution is 5.90. The zero-order chi connectivity index (χ0) is 18.9. The van der Waals surface area contributed by atoms with Gasteiger partial charge < -0.3 is 4.74 Å². The fraction of sp³-hybridized carbons (Fsp3) is 0.381. The third kappa shape index (κ3) is 3.77. The topological polar surface area (TPSA) is 69.4 Å². The smallest absolute Gasteiger partial charge is 0.338 e. The average Bonchev–Trinajstić information content (AvgIpc) is 3.43. The van der Waals surface area contributed by atoms with E-state index in [1.807, 2.05) is 13.8 Å². The Labute approximate surface area is 153 Å². The van der Waals surface area contributed by atoms with Crippen LogP contribution in [0.2, 0.25) is 0 Å². The Balaban J connectivity index is 1.65. The van der Waals surface area contributed by atoms with Crippen molar-refractivity contribution in [3.05, 3.63) is 75.3 Å². The molecule has 1 fully saturated rings. The molecule has 1 aliphatic carbocycles. The first-order valence-corrected chi connectivity index (χ1v) is 8.88. The van der Waals surface area contributed by atoms with Crippen molar-refractivity contribution in [2.45, 2.75) is 45.1 Å². The quantitative estimate of drug-likeness (QED) is 0.421. The normalized spacial score (nSPS) is 19.0. The number of aryl methyl sites for hydroxylation is 1. The lowest BCUT2D eigenvalue weighted by atomic mass is 9.97. The second-order valence-electron chi connectivity index (χ2n) is 7.34. The van der Waals surface area contributed by atoms with E-state index in [2.05, 4.69) is 31.2 Å². The van der Waals surface area contributed by atoms with Gasteiger partial charge in [0, 0.05) is 18.1 Å². The summed E-state index contributed by atoms with van der Waals surface area (Å²) in [4.78, 5) is 22.6. The Morgan fingerprint density at radius 1 is 1.15 bits per heavy atom. The second-order valence-corrected chi connectivity index (χ2v) is 7.34. The van der Waals surface area contributed by atoms with Crippen LogP contribution in [0.25, 0.3) is 0 Å². The molecule has 2 aromatic rings. The van der Waals surface area contributed by atoms with E-state index < -0.39 is 16.5 Å². The van der Waals surface area contributed by atoms with Crippen molar-refractivity contribution in [1.29, 1.82) is 0 Å². The molecule has 2 atom stereocenters. The molecule has 5 nitrogen and oxygen atoms in total. The highest BCUT2D eigenvalue weighted by atomic mass is 16.6. The second kappa shape index (κ2) is 6.90. The fourth-order valence-corrected chi connectivity index (χ4v) is 3.43. The van der Waals surface area contributed by atoms with E-state index in [0.29, 0.717) is 11.5 Å². The van der Waals surface area contributed by atoms with Gasteiger partial charge >= 0.3 is 5.97 Å². The molecule has 1 saturated carbocycles. The van der Waals surface area contributed by atoms with Crippen LogP contribution in [-0.4, -0.2) is 16.5 Å². The minimum Gasteiger partial charge on any atom is -0.456 e. The van der Waals surface area contributed by atoms with E-state index in [-0.39, 0.29) is 11.6 Å². The molecule has 0 spiro atoms. The minimum atomic E-state index is -0.590. The van der Waals surface area contributed by atoms with Gasteiger partial charge in [-0.15, -0.1) is 0 Å². The van der Waals surface area contributed by atoms with Crippen LogP contribution in [0.15, 0.2) is 48.5 Å². The number of rotatable bonds is 6. The number of esters is 1. The Hall–Kier alpha value is -2.69. The highest BCUT2D eigenvalue weighted by Gasteiger charge is 2.50. The molecule has 2 aromatic carbocycles. The number of non-ortho nitro benzene ring substituents is 1. The number of nitro benzene ring substituents is 1. The van der Waals surface area contributed by atoms with Gasteiger partial charge in [0.25, 0.3) is 5.69 Å². The molecule has 26 heavy (non-hydrogen) atoms. The van der Waals surface area contributed by atoms with Crippen LogP contribution in [0.1, 0.15) is 54.6 Å². The van der Waals surface area contributed by atoms with Crippen molar-refractivity contribution in [2.75, 3.05) is 0 Å². The first kappa shape index (κ1) is 18.1. The van der Waals surface area contributed by atoms with Crippen LogP contribution in [0.5, 0.6) is 0 Å². The molecule has 0 saturated heterocycles. The summed E-state index contributed by atoms with van der Waals surface area (Å²) in [6.07, 6.45) is 2.01. The molecular weight excluding hydrogens is 330 g/mol. The van der Waals surface area contributed by atoms with Gasteiger partial charge in [0.15, 0.2) is 0 Å². The molecule has 0 N–H and O–H groups in total. The monoisotopic (exact) mass is 353 g/mol. The minimum absolute atomic E-state index is 0.0430. The molecule has 136 valence electrons. The molecule has 1 aliphatic rings. The number of hydrogen-bond donors (Lipinski definition) is 0. The number of nitrogens with zero attached hydrogens (tertiary/aromatic N) is 1. The zero-order valence-corrected chi connectivity index (χ0v) is 15.3. The summed E-state index contributed by atoms with van der Waals surface area (Å²) >= 11 is 0. The van der Waals surface area contributed by atoms with Gasteiger partial charge in [-0.25, -0.2) is 4.79 Å². The van der Waals surface area contributed by atoms with E-state index in [1.165, 1.54) is 35.4 Å². The highest BCUT2D eigenvalue weighted by Crippen LogP contribution is 2.54. The first-order valence-electron chi connectivity index (χ1n) is 8.88. The molecule has 0 aromatic heterocycles.